The number of aliphatic hydroxyl groups is 1. The zero-order valence-electron chi connectivity index (χ0n) is 10.8. The van der Waals surface area contributed by atoms with Gasteiger partial charge >= 0.3 is 0 Å². The number of rotatable bonds is 7. The van der Waals surface area contributed by atoms with Gasteiger partial charge in [-0.25, -0.2) is 0 Å². The fraction of sp³-hybridized carbons (Fsp3) is 0.615. The molecule has 0 saturated heterocycles. The maximum absolute atomic E-state index is 11.7. The lowest BCUT2D eigenvalue weighted by Crippen LogP contribution is -2.36. The average Bonchev–Trinajstić information content (AvgIpc) is 2.73. The van der Waals surface area contributed by atoms with E-state index in [2.05, 4.69) is 35.1 Å². The van der Waals surface area contributed by atoms with Gasteiger partial charge in [-0.2, -0.15) is 0 Å². The molecule has 102 valence electrons. The van der Waals surface area contributed by atoms with Crippen molar-refractivity contribution in [2.45, 2.75) is 39.2 Å². The molecule has 1 amide bonds. The SMILES string of the molecule is CCC(CC)C(O)CNC(=O)Cc1ccc(Br)s1. The van der Waals surface area contributed by atoms with Crippen molar-refractivity contribution in [3.8, 4) is 0 Å². The number of hydrogen-bond donors (Lipinski definition) is 2. The number of amides is 1. The van der Waals surface area contributed by atoms with Gasteiger partial charge in [0.25, 0.3) is 0 Å². The van der Waals surface area contributed by atoms with Gasteiger partial charge in [0.05, 0.1) is 16.3 Å². The Bertz CT molecular complexity index is 377. The monoisotopic (exact) mass is 333 g/mol. The Morgan fingerprint density at radius 3 is 2.61 bits per heavy atom. The van der Waals surface area contributed by atoms with E-state index in [4.69, 9.17) is 0 Å². The zero-order valence-corrected chi connectivity index (χ0v) is 13.2. The first-order valence-electron chi connectivity index (χ1n) is 6.25. The Kier molecular flexibility index (Phi) is 6.89. The lowest BCUT2D eigenvalue weighted by Gasteiger charge is -2.20. The molecule has 0 radical (unpaired) electrons. The molecule has 1 aromatic rings. The summed E-state index contributed by atoms with van der Waals surface area (Å²) in [5.74, 6) is 0.232. The smallest absolute Gasteiger partial charge is 0.225 e. The van der Waals surface area contributed by atoms with Crippen molar-refractivity contribution < 1.29 is 9.90 Å². The predicted molar refractivity (Wildman–Crippen MR) is 78.8 cm³/mol. The van der Waals surface area contributed by atoms with Crippen LogP contribution in [0.3, 0.4) is 0 Å². The molecule has 0 saturated carbocycles. The second kappa shape index (κ2) is 7.92. The highest BCUT2D eigenvalue weighted by molar-refractivity contribution is 9.11. The Labute approximate surface area is 121 Å². The highest BCUT2D eigenvalue weighted by atomic mass is 79.9. The molecule has 1 heterocycles. The zero-order chi connectivity index (χ0) is 13.5. The lowest BCUT2D eigenvalue weighted by atomic mass is 9.96. The molecule has 0 spiro atoms. The summed E-state index contributed by atoms with van der Waals surface area (Å²) >= 11 is 4.93. The van der Waals surface area contributed by atoms with Crippen molar-refractivity contribution in [1.29, 1.82) is 0 Å². The molecular weight excluding hydrogens is 314 g/mol. The summed E-state index contributed by atoms with van der Waals surface area (Å²) in [6.45, 7) is 4.46. The summed E-state index contributed by atoms with van der Waals surface area (Å²) in [6.07, 6.45) is 1.81. The number of hydrogen-bond acceptors (Lipinski definition) is 3. The Balaban J connectivity index is 2.32. The summed E-state index contributed by atoms with van der Waals surface area (Å²) < 4.78 is 1.03. The van der Waals surface area contributed by atoms with E-state index in [1.807, 2.05) is 12.1 Å². The first-order chi connectivity index (χ1) is 8.56. The van der Waals surface area contributed by atoms with Gasteiger partial charge in [-0.15, -0.1) is 11.3 Å². The number of aliphatic hydroxyl groups excluding tert-OH is 1. The summed E-state index contributed by atoms with van der Waals surface area (Å²) in [5.41, 5.74) is 0. The largest absolute Gasteiger partial charge is 0.391 e. The van der Waals surface area contributed by atoms with Gasteiger partial charge in [0.15, 0.2) is 0 Å². The molecule has 18 heavy (non-hydrogen) atoms. The number of halogens is 1. The molecule has 0 aliphatic rings. The summed E-state index contributed by atoms with van der Waals surface area (Å²) in [6, 6.07) is 3.87. The van der Waals surface area contributed by atoms with Gasteiger partial charge in [-0.3, -0.25) is 4.79 Å². The number of nitrogens with one attached hydrogen (secondary N) is 1. The van der Waals surface area contributed by atoms with E-state index >= 15 is 0 Å². The first kappa shape index (κ1) is 15.7. The highest BCUT2D eigenvalue weighted by Crippen LogP contribution is 2.22. The molecule has 0 aromatic carbocycles. The standard InChI is InChI=1S/C13H20BrNO2S/c1-3-9(4-2)11(16)8-15-13(17)7-10-5-6-12(14)18-10/h5-6,9,11,16H,3-4,7-8H2,1-2H3,(H,15,17). The van der Waals surface area contributed by atoms with Crippen LogP contribution in [-0.4, -0.2) is 23.7 Å². The Hall–Kier alpha value is -0.390. The van der Waals surface area contributed by atoms with E-state index in [0.29, 0.717) is 13.0 Å². The van der Waals surface area contributed by atoms with Crippen LogP contribution in [0.5, 0.6) is 0 Å². The van der Waals surface area contributed by atoms with Gasteiger partial charge in [0.2, 0.25) is 5.91 Å². The third kappa shape index (κ3) is 5.08. The van der Waals surface area contributed by atoms with Crippen LogP contribution in [0.25, 0.3) is 0 Å². The summed E-state index contributed by atoms with van der Waals surface area (Å²) in [7, 11) is 0. The van der Waals surface area contributed by atoms with E-state index in [1.54, 1.807) is 11.3 Å². The minimum atomic E-state index is -0.445. The van der Waals surface area contributed by atoms with Crippen molar-refractivity contribution in [2.75, 3.05) is 6.54 Å². The molecule has 1 atom stereocenters. The predicted octanol–water partition coefficient (Wildman–Crippen LogP) is 2.97. The third-order valence-corrected chi connectivity index (χ3v) is 4.69. The molecule has 0 aliphatic heterocycles. The van der Waals surface area contributed by atoms with Gasteiger partial charge in [-0.1, -0.05) is 26.7 Å². The van der Waals surface area contributed by atoms with E-state index in [-0.39, 0.29) is 11.8 Å². The van der Waals surface area contributed by atoms with Crippen LogP contribution in [0.15, 0.2) is 15.9 Å². The maximum atomic E-state index is 11.7. The fourth-order valence-corrected chi connectivity index (χ4v) is 3.37. The van der Waals surface area contributed by atoms with Crippen LogP contribution in [0.4, 0.5) is 0 Å². The van der Waals surface area contributed by atoms with Gasteiger partial charge in [0.1, 0.15) is 0 Å². The fourth-order valence-electron chi connectivity index (χ4n) is 1.89. The molecular formula is C13H20BrNO2S. The lowest BCUT2D eigenvalue weighted by molar-refractivity contribution is -0.121. The van der Waals surface area contributed by atoms with E-state index in [9.17, 15) is 9.90 Å². The van der Waals surface area contributed by atoms with E-state index < -0.39 is 6.10 Å². The number of carbonyl (C=O) groups is 1. The van der Waals surface area contributed by atoms with Crippen LogP contribution in [0.2, 0.25) is 0 Å². The highest BCUT2D eigenvalue weighted by Gasteiger charge is 2.16. The summed E-state index contributed by atoms with van der Waals surface area (Å²) in [5, 5.41) is 12.7. The number of carbonyl (C=O) groups excluding carboxylic acids is 1. The molecule has 0 fully saturated rings. The van der Waals surface area contributed by atoms with Gasteiger partial charge < -0.3 is 10.4 Å². The van der Waals surface area contributed by atoms with Crippen molar-refractivity contribution >= 4 is 33.2 Å². The average molecular weight is 334 g/mol. The van der Waals surface area contributed by atoms with Gasteiger partial charge in [-0.05, 0) is 34.0 Å². The first-order valence-corrected chi connectivity index (χ1v) is 7.86. The van der Waals surface area contributed by atoms with Crippen molar-refractivity contribution in [3.05, 3.63) is 20.8 Å². The van der Waals surface area contributed by atoms with Crippen molar-refractivity contribution in [3.63, 3.8) is 0 Å². The molecule has 5 heteroatoms. The van der Waals surface area contributed by atoms with Crippen molar-refractivity contribution in [1.82, 2.24) is 5.32 Å². The van der Waals surface area contributed by atoms with Crippen LogP contribution in [-0.2, 0) is 11.2 Å². The minimum Gasteiger partial charge on any atom is -0.391 e. The molecule has 1 rings (SSSR count). The second-order valence-corrected chi connectivity index (χ2v) is 6.88. The Morgan fingerprint density at radius 2 is 2.11 bits per heavy atom. The van der Waals surface area contributed by atoms with Crippen LogP contribution >= 0.6 is 27.3 Å². The van der Waals surface area contributed by atoms with Crippen LogP contribution < -0.4 is 5.32 Å². The number of thiophene rings is 1. The summed E-state index contributed by atoms with van der Waals surface area (Å²) in [4.78, 5) is 12.7. The normalized spacial score (nSPS) is 12.7. The van der Waals surface area contributed by atoms with Crippen LogP contribution in [0.1, 0.15) is 31.6 Å². The third-order valence-electron chi connectivity index (χ3n) is 3.06. The Morgan fingerprint density at radius 1 is 1.44 bits per heavy atom. The van der Waals surface area contributed by atoms with E-state index in [0.717, 1.165) is 21.5 Å². The minimum absolute atomic E-state index is 0.0330. The molecule has 1 aromatic heterocycles. The molecule has 3 nitrogen and oxygen atoms in total. The van der Waals surface area contributed by atoms with Crippen LogP contribution in [0, 0.1) is 5.92 Å². The maximum Gasteiger partial charge on any atom is 0.225 e. The molecule has 0 aliphatic carbocycles. The van der Waals surface area contributed by atoms with Crippen molar-refractivity contribution in [2.24, 2.45) is 5.92 Å². The topological polar surface area (TPSA) is 49.3 Å². The van der Waals surface area contributed by atoms with Gasteiger partial charge in [0, 0.05) is 11.4 Å². The molecule has 2 N–H and O–H groups in total. The molecule has 0 bridgehead atoms. The van der Waals surface area contributed by atoms with E-state index in [1.165, 1.54) is 0 Å². The quantitative estimate of drug-likeness (QED) is 0.805. The molecule has 1 unspecified atom stereocenters. The second-order valence-electron chi connectivity index (χ2n) is 4.33.